The van der Waals surface area contributed by atoms with E-state index in [9.17, 15) is 9.59 Å². The monoisotopic (exact) mass is 459 g/mol. The van der Waals surface area contributed by atoms with Crippen molar-refractivity contribution in [1.29, 1.82) is 0 Å². The van der Waals surface area contributed by atoms with Crippen LogP contribution in [0, 0.1) is 11.3 Å². The second-order valence-electron chi connectivity index (χ2n) is 9.13. The fraction of sp³-hybridized carbons (Fsp3) is 0.560. The van der Waals surface area contributed by atoms with E-state index in [0.29, 0.717) is 46.9 Å². The summed E-state index contributed by atoms with van der Waals surface area (Å²) in [5.41, 5.74) is 2.22. The Morgan fingerprint density at radius 3 is 2.18 bits per heavy atom. The number of methoxy groups -OCH3 is 4. The predicted molar refractivity (Wildman–Crippen MR) is 123 cm³/mol. The maximum atomic E-state index is 13.4. The Bertz CT molecular complexity index is 967. The first kappa shape index (κ1) is 24.8. The highest BCUT2D eigenvalue weighted by Gasteiger charge is 2.48. The smallest absolute Gasteiger partial charge is 0.336 e. The van der Waals surface area contributed by atoms with Gasteiger partial charge in [-0.2, -0.15) is 0 Å². The van der Waals surface area contributed by atoms with Crippen LogP contribution < -0.4 is 14.2 Å². The number of ether oxygens (including phenoxy) is 5. The molecule has 2 aliphatic rings. The third-order valence-electron chi connectivity index (χ3n) is 6.15. The summed E-state index contributed by atoms with van der Waals surface area (Å²) in [4.78, 5) is 31.4. The summed E-state index contributed by atoms with van der Waals surface area (Å²) >= 11 is 0. The van der Waals surface area contributed by atoms with Crippen LogP contribution in [0.25, 0.3) is 0 Å². The standard InChI is InChI=1S/C25H33NO7/c1-14-20(24(28)33-9-8-29-4)21(22-16(26-14)12-25(2,3)13-17(22)27)15-10-18(30-5)23(32-7)19(11-15)31-6/h10-11,21-22H,8-9,12-13H2,1-7H3. The van der Waals surface area contributed by atoms with E-state index in [2.05, 4.69) is 13.8 Å². The summed E-state index contributed by atoms with van der Waals surface area (Å²) in [7, 11) is 6.13. The van der Waals surface area contributed by atoms with E-state index in [1.54, 1.807) is 19.1 Å². The molecule has 1 saturated carbocycles. The second kappa shape index (κ2) is 9.95. The van der Waals surface area contributed by atoms with Gasteiger partial charge in [-0.15, -0.1) is 0 Å². The number of esters is 1. The molecule has 1 aliphatic heterocycles. The average Bonchev–Trinajstić information content (AvgIpc) is 2.76. The van der Waals surface area contributed by atoms with Gasteiger partial charge in [0.2, 0.25) is 5.75 Å². The van der Waals surface area contributed by atoms with E-state index in [4.69, 9.17) is 28.7 Å². The summed E-state index contributed by atoms with van der Waals surface area (Å²) in [6, 6.07) is 3.58. The lowest BCUT2D eigenvalue weighted by atomic mass is 9.63. The number of hydrogen-bond acceptors (Lipinski definition) is 8. The van der Waals surface area contributed by atoms with Gasteiger partial charge in [0.15, 0.2) is 11.5 Å². The number of carbonyl (C=O) groups is 2. The number of rotatable bonds is 8. The van der Waals surface area contributed by atoms with Crippen LogP contribution in [0.5, 0.6) is 17.2 Å². The first-order valence-corrected chi connectivity index (χ1v) is 10.9. The lowest BCUT2D eigenvalue weighted by molar-refractivity contribution is -0.140. The molecule has 0 bridgehead atoms. The van der Waals surface area contributed by atoms with Gasteiger partial charge in [-0.25, -0.2) is 4.79 Å². The zero-order chi connectivity index (χ0) is 24.3. The second-order valence-corrected chi connectivity index (χ2v) is 9.13. The molecule has 1 aliphatic carbocycles. The molecule has 8 nitrogen and oxygen atoms in total. The van der Waals surface area contributed by atoms with Gasteiger partial charge < -0.3 is 23.7 Å². The van der Waals surface area contributed by atoms with Crippen LogP contribution in [-0.4, -0.2) is 59.1 Å². The number of hydrogen-bond donors (Lipinski definition) is 0. The van der Waals surface area contributed by atoms with Crippen LogP contribution >= 0.6 is 0 Å². The van der Waals surface area contributed by atoms with Crippen LogP contribution in [0.3, 0.4) is 0 Å². The van der Waals surface area contributed by atoms with Crippen LogP contribution in [-0.2, 0) is 19.1 Å². The van der Waals surface area contributed by atoms with Gasteiger partial charge in [-0.05, 0) is 36.5 Å². The molecule has 1 aromatic carbocycles. The first-order chi connectivity index (χ1) is 15.7. The van der Waals surface area contributed by atoms with Gasteiger partial charge in [-0.3, -0.25) is 9.79 Å². The molecule has 8 heteroatoms. The molecule has 0 saturated heterocycles. The van der Waals surface area contributed by atoms with Gasteiger partial charge in [0.05, 0.1) is 39.4 Å². The number of carbonyl (C=O) groups excluding carboxylic acids is 2. The number of fused-ring (bicyclic) bond motifs is 1. The molecule has 2 unspecified atom stereocenters. The fourth-order valence-corrected chi connectivity index (χ4v) is 4.80. The van der Waals surface area contributed by atoms with E-state index in [1.165, 1.54) is 28.4 Å². The topological polar surface area (TPSA) is 92.7 Å². The maximum absolute atomic E-state index is 13.4. The van der Waals surface area contributed by atoms with Gasteiger partial charge >= 0.3 is 5.97 Å². The Hall–Kier alpha value is -2.87. The number of aliphatic imine (C=N–C) groups is 1. The van der Waals surface area contributed by atoms with Crippen LogP contribution in [0.15, 0.2) is 28.4 Å². The lowest BCUT2D eigenvalue weighted by Crippen LogP contribution is -2.44. The van der Waals surface area contributed by atoms with Crippen molar-refractivity contribution in [2.45, 2.75) is 39.5 Å². The van der Waals surface area contributed by atoms with Crippen molar-refractivity contribution in [1.82, 2.24) is 0 Å². The summed E-state index contributed by atoms with van der Waals surface area (Å²) < 4.78 is 27.0. The Labute approximate surface area is 194 Å². The molecule has 0 spiro atoms. The highest BCUT2D eigenvalue weighted by molar-refractivity contribution is 6.12. The number of ketones is 1. The minimum Gasteiger partial charge on any atom is -0.493 e. The Kier molecular flexibility index (Phi) is 7.47. The number of nitrogens with zero attached hydrogens (tertiary/aromatic N) is 1. The lowest BCUT2D eigenvalue weighted by Gasteiger charge is -2.41. The highest BCUT2D eigenvalue weighted by Crippen LogP contribution is 2.49. The number of Topliss-reactive ketones (excluding diaryl/α,β-unsaturated/α-hetero) is 1. The van der Waals surface area contributed by atoms with Crippen molar-refractivity contribution in [3.05, 3.63) is 29.0 Å². The molecule has 0 amide bonds. The molecule has 180 valence electrons. The van der Waals surface area contributed by atoms with Crippen molar-refractivity contribution in [3.63, 3.8) is 0 Å². The molecule has 1 fully saturated rings. The van der Waals surface area contributed by atoms with E-state index in [-0.39, 0.29) is 24.4 Å². The fourth-order valence-electron chi connectivity index (χ4n) is 4.80. The molecule has 1 aromatic rings. The zero-order valence-corrected chi connectivity index (χ0v) is 20.4. The van der Waals surface area contributed by atoms with E-state index in [1.807, 2.05) is 0 Å². The van der Waals surface area contributed by atoms with Gasteiger partial charge in [0, 0.05) is 30.9 Å². The highest BCUT2D eigenvalue weighted by atomic mass is 16.6. The van der Waals surface area contributed by atoms with Crippen LogP contribution in [0.2, 0.25) is 0 Å². The van der Waals surface area contributed by atoms with Gasteiger partial charge in [-0.1, -0.05) is 13.8 Å². The number of benzene rings is 1. The van der Waals surface area contributed by atoms with Crippen LogP contribution in [0.4, 0.5) is 0 Å². The molecule has 0 aromatic heterocycles. The summed E-state index contributed by atoms with van der Waals surface area (Å²) in [5, 5.41) is 0. The van der Waals surface area contributed by atoms with Crippen molar-refractivity contribution < 1.29 is 33.3 Å². The molecular formula is C25H33NO7. The SMILES string of the molecule is COCCOC(=O)C1=C(C)N=C2CC(C)(C)CC(=O)C2C1c1cc(OC)c(OC)c(OC)c1. The first-order valence-electron chi connectivity index (χ1n) is 10.9. The van der Waals surface area contributed by atoms with E-state index >= 15 is 0 Å². The maximum Gasteiger partial charge on any atom is 0.336 e. The molecule has 0 N–H and O–H groups in total. The Morgan fingerprint density at radius 2 is 1.64 bits per heavy atom. The third kappa shape index (κ3) is 4.90. The quantitative estimate of drug-likeness (QED) is 0.432. The third-order valence-corrected chi connectivity index (χ3v) is 6.15. The summed E-state index contributed by atoms with van der Waals surface area (Å²) in [6.07, 6.45) is 1.08. The molecule has 2 atom stereocenters. The van der Waals surface area contributed by atoms with Gasteiger partial charge in [0.25, 0.3) is 0 Å². The summed E-state index contributed by atoms with van der Waals surface area (Å²) in [5.74, 6) is -0.260. The number of allylic oxidation sites excluding steroid dienone is 1. The molecule has 33 heavy (non-hydrogen) atoms. The average molecular weight is 460 g/mol. The summed E-state index contributed by atoms with van der Waals surface area (Å²) in [6.45, 7) is 6.29. The molecular weight excluding hydrogens is 426 g/mol. The Balaban J connectivity index is 2.19. The van der Waals surface area contributed by atoms with Crippen molar-refractivity contribution in [2.24, 2.45) is 16.3 Å². The molecule has 3 rings (SSSR count). The van der Waals surface area contributed by atoms with Crippen molar-refractivity contribution >= 4 is 17.5 Å². The van der Waals surface area contributed by atoms with E-state index in [0.717, 1.165) is 5.71 Å². The predicted octanol–water partition coefficient (Wildman–Crippen LogP) is 3.72. The van der Waals surface area contributed by atoms with E-state index < -0.39 is 17.8 Å². The molecule has 0 radical (unpaired) electrons. The molecule has 1 heterocycles. The van der Waals surface area contributed by atoms with Crippen molar-refractivity contribution in [2.75, 3.05) is 41.7 Å². The Morgan fingerprint density at radius 1 is 1.00 bits per heavy atom. The van der Waals surface area contributed by atoms with Gasteiger partial charge in [0.1, 0.15) is 12.4 Å². The largest absolute Gasteiger partial charge is 0.493 e. The normalized spacial score (nSPS) is 21.8. The minimum absolute atomic E-state index is 0.0541. The minimum atomic E-state index is -0.579. The van der Waals surface area contributed by atoms with Crippen molar-refractivity contribution in [3.8, 4) is 17.2 Å². The zero-order valence-electron chi connectivity index (χ0n) is 20.4. The van der Waals surface area contributed by atoms with Crippen LogP contribution in [0.1, 0.15) is 45.1 Å².